The van der Waals surface area contributed by atoms with Crippen LogP contribution in [0.25, 0.3) is 0 Å². The standard InChI is InChI=1S/C11H21N/c1-2-3-4-5-6-7-8-9-10-11-12/h4-12H2,1H3. The van der Waals surface area contributed by atoms with Gasteiger partial charge in [-0.15, -0.1) is 11.8 Å². The largest absolute Gasteiger partial charge is 0.330 e. The minimum atomic E-state index is 0.849. The van der Waals surface area contributed by atoms with Crippen molar-refractivity contribution in [2.75, 3.05) is 6.54 Å². The van der Waals surface area contributed by atoms with Crippen molar-refractivity contribution in [1.82, 2.24) is 0 Å². The van der Waals surface area contributed by atoms with Crippen molar-refractivity contribution in [2.45, 2.75) is 51.9 Å². The molecule has 0 atom stereocenters. The van der Waals surface area contributed by atoms with Crippen LogP contribution < -0.4 is 5.73 Å². The SMILES string of the molecule is CC#CCCCCCCCCN. The van der Waals surface area contributed by atoms with Crippen molar-refractivity contribution >= 4 is 0 Å². The summed E-state index contributed by atoms with van der Waals surface area (Å²) in [7, 11) is 0. The highest BCUT2D eigenvalue weighted by Crippen LogP contribution is 2.05. The van der Waals surface area contributed by atoms with Gasteiger partial charge in [-0.25, -0.2) is 0 Å². The van der Waals surface area contributed by atoms with Crippen molar-refractivity contribution in [1.29, 1.82) is 0 Å². The highest BCUT2D eigenvalue weighted by molar-refractivity contribution is 4.94. The summed E-state index contributed by atoms with van der Waals surface area (Å²) in [5.74, 6) is 5.99. The van der Waals surface area contributed by atoms with Crippen LogP contribution in [-0.2, 0) is 0 Å². The van der Waals surface area contributed by atoms with Crippen molar-refractivity contribution in [3.05, 3.63) is 0 Å². The summed E-state index contributed by atoms with van der Waals surface area (Å²) in [6, 6.07) is 0. The summed E-state index contributed by atoms with van der Waals surface area (Å²) in [6.07, 6.45) is 8.86. The fourth-order valence-corrected chi connectivity index (χ4v) is 1.19. The van der Waals surface area contributed by atoms with Gasteiger partial charge >= 0.3 is 0 Å². The maximum Gasteiger partial charge on any atom is 0.00885 e. The monoisotopic (exact) mass is 167 g/mol. The van der Waals surface area contributed by atoms with Gasteiger partial charge in [0.05, 0.1) is 0 Å². The minimum Gasteiger partial charge on any atom is -0.330 e. The topological polar surface area (TPSA) is 26.0 Å². The van der Waals surface area contributed by atoms with Crippen LogP contribution in [0.3, 0.4) is 0 Å². The van der Waals surface area contributed by atoms with Crippen LogP contribution >= 0.6 is 0 Å². The summed E-state index contributed by atoms with van der Waals surface area (Å²) in [6.45, 7) is 2.75. The molecule has 2 N–H and O–H groups in total. The van der Waals surface area contributed by atoms with Crippen LogP contribution in [0.4, 0.5) is 0 Å². The Morgan fingerprint density at radius 2 is 1.50 bits per heavy atom. The lowest BCUT2D eigenvalue weighted by Crippen LogP contribution is -1.97. The molecule has 0 bridgehead atoms. The van der Waals surface area contributed by atoms with E-state index in [9.17, 15) is 0 Å². The van der Waals surface area contributed by atoms with Gasteiger partial charge in [0.2, 0.25) is 0 Å². The predicted molar refractivity (Wildman–Crippen MR) is 54.8 cm³/mol. The molecule has 0 heterocycles. The molecule has 0 rings (SSSR count). The van der Waals surface area contributed by atoms with Gasteiger partial charge in [0.1, 0.15) is 0 Å². The van der Waals surface area contributed by atoms with Crippen molar-refractivity contribution < 1.29 is 0 Å². The highest BCUT2D eigenvalue weighted by atomic mass is 14.5. The van der Waals surface area contributed by atoms with Crippen molar-refractivity contribution in [2.24, 2.45) is 5.73 Å². The molecule has 0 aliphatic heterocycles. The molecule has 0 saturated carbocycles. The van der Waals surface area contributed by atoms with Crippen LogP contribution in [-0.4, -0.2) is 6.54 Å². The lowest BCUT2D eigenvalue weighted by molar-refractivity contribution is 0.603. The normalized spacial score (nSPS) is 9.17. The molecule has 0 fully saturated rings. The first-order chi connectivity index (χ1) is 5.91. The number of unbranched alkanes of at least 4 members (excludes halogenated alkanes) is 6. The summed E-state index contributed by atoms with van der Waals surface area (Å²) in [5, 5.41) is 0. The second-order valence-electron chi connectivity index (χ2n) is 3.09. The van der Waals surface area contributed by atoms with Crippen LogP contribution in [0.5, 0.6) is 0 Å². The lowest BCUT2D eigenvalue weighted by atomic mass is 10.1. The Morgan fingerprint density at radius 3 is 2.08 bits per heavy atom. The third-order valence-electron chi connectivity index (χ3n) is 1.93. The zero-order valence-corrected chi connectivity index (χ0v) is 8.23. The molecule has 0 saturated heterocycles. The van der Waals surface area contributed by atoms with Crippen LogP contribution in [0.2, 0.25) is 0 Å². The molecule has 1 heteroatoms. The molecule has 0 aromatic rings. The van der Waals surface area contributed by atoms with Gasteiger partial charge in [0.15, 0.2) is 0 Å². The van der Waals surface area contributed by atoms with E-state index in [0.29, 0.717) is 0 Å². The summed E-state index contributed by atoms with van der Waals surface area (Å²) >= 11 is 0. The highest BCUT2D eigenvalue weighted by Gasteiger charge is 1.88. The average Bonchev–Trinajstić information content (AvgIpc) is 2.10. The molecular weight excluding hydrogens is 146 g/mol. The third kappa shape index (κ3) is 9.52. The molecule has 0 aliphatic carbocycles. The fourth-order valence-electron chi connectivity index (χ4n) is 1.19. The number of hydrogen-bond acceptors (Lipinski definition) is 1. The van der Waals surface area contributed by atoms with E-state index >= 15 is 0 Å². The molecule has 0 aromatic carbocycles. The molecule has 12 heavy (non-hydrogen) atoms. The van der Waals surface area contributed by atoms with E-state index in [1.807, 2.05) is 6.92 Å². The van der Waals surface area contributed by atoms with Gasteiger partial charge < -0.3 is 5.73 Å². The van der Waals surface area contributed by atoms with Crippen molar-refractivity contribution in [3.8, 4) is 11.8 Å². The molecule has 0 aromatic heterocycles. The Balaban J connectivity index is 2.84. The Hall–Kier alpha value is -0.480. The summed E-state index contributed by atoms with van der Waals surface area (Å²) in [5.41, 5.74) is 5.39. The molecule has 0 spiro atoms. The molecule has 0 amide bonds. The van der Waals surface area contributed by atoms with Gasteiger partial charge in [0, 0.05) is 6.42 Å². The van der Waals surface area contributed by atoms with E-state index in [1.165, 1.54) is 38.5 Å². The van der Waals surface area contributed by atoms with Crippen LogP contribution in [0.15, 0.2) is 0 Å². The Labute approximate surface area is 76.7 Å². The van der Waals surface area contributed by atoms with Gasteiger partial charge in [0.25, 0.3) is 0 Å². The maximum atomic E-state index is 5.39. The minimum absolute atomic E-state index is 0.849. The zero-order chi connectivity index (χ0) is 9.07. The fraction of sp³-hybridized carbons (Fsp3) is 0.818. The first-order valence-corrected chi connectivity index (χ1v) is 5.01. The van der Waals surface area contributed by atoms with E-state index in [1.54, 1.807) is 0 Å². The molecule has 0 radical (unpaired) electrons. The number of nitrogens with two attached hydrogens (primary N) is 1. The van der Waals surface area contributed by atoms with E-state index in [4.69, 9.17) is 5.73 Å². The number of hydrogen-bond donors (Lipinski definition) is 1. The summed E-state index contributed by atoms with van der Waals surface area (Å²) < 4.78 is 0. The van der Waals surface area contributed by atoms with E-state index < -0.39 is 0 Å². The molecule has 70 valence electrons. The molecular formula is C11H21N. The van der Waals surface area contributed by atoms with Crippen molar-refractivity contribution in [3.63, 3.8) is 0 Å². The van der Waals surface area contributed by atoms with E-state index in [0.717, 1.165) is 13.0 Å². The zero-order valence-electron chi connectivity index (χ0n) is 8.23. The van der Waals surface area contributed by atoms with E-state index in [2.05, 4.69) is 11.8 Å². The third-order valence-corrected chi connectivity index (χ3v) is 1.93. The molecule has 1 nitrogen and oxygen atoms in total. The summed E-state index contributed by atoms with van der Waals surface area (Å²) in [4.78, 5) is 0. The Bertz CT molecular complexity index is 130. The van der Waals surface area contributed by atoms with E-state index in [-0.39, 0.29) is 0 Å². The van der Waals surface area contributed by atoms with Crippen LogP contribution in [0.1, 0.15) is 51.9 Å². The van der Waals surface area contributed by atoms with Gasteiger partial charge in [-0.2, -0.15) is 0 Å². The Morgan fingerprint density at radius 1 is 0.917 bits per heavy atom. The molecule has 0 unspecified atom stereocenters. The van der Waals surface area contributed by atoms with Crippen LogP contribution in [0, 0.1) is 11.8 Å². The molecule has 0 aliphatic rings. The predicted octanol–water partition coefficient (Wildman–Crippen LogP) is 2.70. The second kappa shape index (κ2) is 10.5. The first kappa shape index (κ1) is 11.5. The first-order valence-electron chi connectivity index (χ1n) is 5.01. The smallest absolute Gasteiger partial charge is 0.00885 e. The number of rotatable bonds is 7. The Kier molecular flexibility index (Phi) is 10.1. The average molecular weight is 167 g/mol. The maximum absolute atomic E-state index is 5.39. The van der Waals surface area contributed by atoms with Gasteiger partial charge in [-0.3, -0.25) is 0 Å². The van der Waals surface area contributed by atoms with Gasteiger partial charge in [-0.05, 0) is 26.3 Å². The quantitative estimate of drug-likeness (QED) is 0.458. The second-order valence-corrected chi connectivity index (χ2v) is 3.09. The lowest BCUT2D eigenvalue weighted by Gasteiger charge is -1.97. The van der Waals surface area contributed by atoms with Gasteiger partial charge in [-0.1, -0.05) is 25.7 Å².